The third kappa shape index (κ3) is 4.19. The molecule has 7 heteroatoms. The number of carbonyl (C=O) groups is 1. The molecule has 2 aromatic heterocycles. The Balaban J connectivity index is 1.43. The molecule has 1 N–H and O–H groups in total. The summed E-state index contributed by atoms with van der Waals surface area (Å²) in [6.45, 7) is 2.21. The predicted molar refractivity (Wildman–Crippen MR) is 104 cm³/mol. The van der Waals surface area contributed by atoms with Gasteiger partial charge in [-0.3, -0.25) is 4.79 Å². The molecule has 1 aliphatic heterocycles. The molecule has 1 fully saturated rings. The lowest BCUT2D eigenvalue weighted by Crippen LogP contribution is -2.40. The van der Waals surface area contributed by atoms with Crippen LogP contribution in [0.1, 0.15) is 35.8 Å². The van der Waals surface area contributed by atoms with Crippen LogP contribution in [0.15, 0.2) is 47.5 Å². The van der Waals surface area contributed by atoms with Crippen LogP contribution in [0, 0.1) is 0 Å². The van der Waals surface area contributed by atoms with Gasteiger partial charge in [0, 0.05) is 36.8 Å². The largest absolute Gasteiger partial charge is 0.508 e. The maximum Gasteiger partial charge on any atom is 0.227 e. The van der Waals surface area contributed by atoms with Gasteiger partial charge in [0.15, 0.2) is 0 Å². The van der Waals surface area contributed by atoms with Gasteiger partial charge in [-0.25, -0.2) is 9.97 Å². The molecule has 0 spiro atoms. The molecule has 6 nitrogen and oxygen atoms in total. The molecule has 1 aromatic carbocycles. The molecule has 0 bridgehead atoms. The first-order valence-electron chi connectivity index (χ1n) is 9.13. The molecule has 3 aromatic rings. The summed E-state index contributed by atoms with van der Waals surface area (Å²) in [5.41, 5.74) is 3.80. The standard InChI is InChI=1S/C20H22N4O2S/c25-18-5-3-15(4-6-18)10-19(26)23-8-1-2-16(11-23)20-21-7-9-24(20)12-17-13-27-14-22-17/h3-7,9,13-14,16,25H,1-2,8,10-12H2/t16-/m0/s1. The van der Waals surface area contributed by atoms with E-state index in [0.29, 0.717) is 13.0 Å². The molecule has 1 aliphatic rings. The summed E-state index contributed by atoms with van der Waals surface area (Å²) in [7, 11) is 0. The number of aromatic hydroxyl groups is 1. The Bertz CT molecular complexity index is 889. The van der Waals surface area contributed by atoms with E-state index in [1.807, 2.05) is 22.8 Å². The number of hydrogen-bond donors (Lipinski definition) is 1. The van der Waals surface area contributed by atoms with Crippen LogP contribution in [0.4, 0.5) is 0 Å². The molecular formula is C20H22N4O2S. The van der Waals surface area contributed by atoms with Gasteiger partial charge in [-0.05, 0) is 30.5 Å². The SMILES string of the molecule is O=C(Cc1ccc(O)cc1)N1CCC[C@H](c2nccn2Cc2cscn2)C1. The maximum atomic E-state index is 12.7. The van der Waals surface area contributed by atoms with E-state index in [-0.39, 0.29) is 17.6 Å². The van der Waals surface area contributed by atoms with E-state index in [4.69, 9.17) is 0 Å². The number of phenolic OH excluding ortho intramolecular Hbond substituents is 1. The van der Waals surface area contributed by atoms with Gasteiger partial charge in [0.1, 0.15) is 11.6 Å². The second-order valence-electron chi connectivity index (χ2n) is 6.92. The molecule has 1 atom stereocenters. The highest BCUT2D eigenvalue weighted by molar-refractivity contribution is 7.07. The van der Waals surface area contributed by atoms with Crippen LogP contribution in [-0.4, -0.2) is 43.5 Å². The van der Waals surface area contributed by atoms with Crippen molar-refractivity contribution < 1.29 is 9.90 Å². The molecule has 1 saturated heterocycles. The first-order chi connectivity index (χ1) is 13.2. The van der Waals surface area contributed by atoms with Crippen LogP contribution >= 0.6 is 11.3 Å². The lowest BCUT2D eigenvalue weighted by Gasteiger charge is -2.32. The Hall–Kier alpha value is -2.67. The van der Waals surface area contributed by atoms with Crippen LogP contribution in [0.25, 0.3) is 0 Å². The van der Waals surface area contributed by atoms with Crippen LogP contribution in [0.3, 0.4) is 0 Å². The van der Waals surface area contributed by atoms with Crippen molar-refractivity contribution in [3.63, 3.8) is 0 Å². The molecule has 4 rings (SSSR count). The molecule has 3 heterocycles. The molecule has 27 heavy (non-hydrogen) atoms. The fourth-order valence-corrected chi connectivity index (χ4v) is 4.17. The topological polar surface area (TPSA) is 71.2 Å². The molecule has 0 radical (unpaired) electrons. The first-order valence-corrected chi connectivity index (χ1v) is 10.1. The van der Waals surface area contributed by atoms with Gasteiger partial charge in [-0.2, -0.15) is 0 Å². The van der Waals surface area contributed by atoms with E-state index >= 15 is 0 Å². The number of likely N-dealkylation sites (tertiary alicyclic amines) is 1. The van der Waals surface area contributed by atoms with Crippen molar-refractivity contribution in [2.45, 2.75) is 31.7 Å². The number of hydrogen-bond acceptors (Lipinski definition) is 5. The normalized spacial score (nSPS) is 17.2. The number of piperidine rings is 1. The van der Waals surface area contributed by atoms with Crippen LogP contribution in [0.5, 0.6) is 5.75 Å². The Morgan fingerprint density at radius 1 is 1.26 bits per heavy atom. The minimum Gasteiger partial charge on any atom is -0.508 e. The second kappa shape index (κ2) is 7.92. The summed E-state index contributed by atoms with van der Waals surface area (Å²) in [6.07, 6.45) is 6.21. The molecule has 0 saturated carbocycles. The molecule has 0 unspecified atom stereocenters. The van der Waals surface area contributed by atoms with E-state index in [2.05, 4.69) is 19.9 Å². The summed E-state index contributed by atoms with van der Waals surface area (Å²) >= 11 is 1.60. The number of nitrogens with zero attached hydrogens (tertiary/aromatic N) is 4. The number of rotatable bonds is 5. The van der Waals surface area contributed by atoms with Crippen molar-refractivity contribution in [2.24, 2.45) is 0 Å². The van der Waals surface area contributed by atoms with Crippen LogP contribution < -0.4 is 0 Å². The Kier molecular flexibility index (Phi) is 5.20. The van der Waals surface area contributed by atoms with Crippen molar-refractivity contribution in [3.8, 4) is 5.75 Å². The highest BCUT2D eigenvalue weighted by Gasteiger charge is 2.27. The highest BCUT2D eigenvalue weighted by atomic mass is 32.1. The van der Waals surface area contributed by atoms with E-state index in [1.54, 1.807) is 35.6 Å². The van der Waals surface area contributed by atoms with Gasteiger partial charge < -0.3 is 14.6 Å². The maximum absolute atomic E-state index is 12.7. The van der Waals surface area contributed by atoms with E-state index in [0.717, 1.165) is 43.0 Å². The lowest BCUT2D eigenvalue weighted by molar-refractivity contribution is -0.131. The number of imidazole rings is 1. The number of benzene rings is 1. The lowest BCUT2D eigenvalue weighted by atomic mass is 9.96. The zero-order valence-corrected chi connectivity index (χ0v) is 15.8. The number of phenols is 1. The smallest absolute Gasteiger partial charge is 0.227 e. The number of carbonyl (C=O) groups excluding carboxylic acids is 1. The fourth-order valence-electron chi connectivity index (χ4n) is 3.62. The van der Waals surface area contributed by atoms with Gasteiger partial charge in [0.2, 0.25) is 5.91 Å². The number of aromatic nitrogens is 3. The minimum absolute atomic E-state index is 0.128. The summed E-state index contributed by atoms with van der Waals surface area (Å²) in [4.78, 5) is 23.6. The summed E-state index contributed by atoms with van der Waals surface area (Å²) in [6, 6.07) is 6.85. The average molecular weight is 382 g/mol. The molecule has 1 amide bonds. The summed E-state index contributed by atoms with van der Waals surface area (Å²) < 4.78 is 2.15. The first kappa shape index (κ1) is 17.7. The molecular weight excluding hydrogens is 360 g/mol. The van der Waals surface area contributed by atoms with Crippen LogP contribution in [0.2, 0.25) is 0 Å². The number of amides is 1. The van der Waals surface area contributed by atoms with Gasteiger partial charge in [-0.15, -0.1) is 11.3 Å². The fraction of sp³-hybridized carbons (Fsp3) is 0.350. The molecule has 0 aliphatic carbocycles. The zero-order valence-electron chi connectivity index (χ0n) is 15.0. The van der Waals surface area contributed by atoms with E-state index < -0.39 is 0 Å². The van der Waals surface area contributed by atoms with E-state index in [1.165, 1.54) is 0 Å². The third-order valence-corrected chi connectivity index (χ3v) is 5.63. The highest BCUT2D eigenvalue weighted by Crippen LogP contribution is 2.27. The molecule has 140 valence electrons. The Labute approximate surface area is 162 Å². The summed E-state index contributed by atoms with van der Waals surface area (Å²) in [5.74, 6) is 1.63. The minimum atomic E-state index is 0.128. The average Bonchev–Trinajstić information content (AvgIpc) is 3.36. The van der Waals surface area contributed by atoms with Crippen molar-refractivity contribution in [2.75, 3.05) is 13.1 Å². The second-order valence-corrected chi connectivity index (χ2v) is 7.63. The van der Waals surface area contributed by atoms with Crippen molar-refractivity contribution in [1.82, 2.24) is 19.4 Å². The van der Waals surface area contributed by atoms with Gasteiger partial charge in [-0.1, -0.05) is 12.1 Å². The Morgan fingerprint density at radius 3 is 2.89 bits per heavy atom. The van der Waals surface area contributed by atoms with Crippen molar-refractivity contribution >= 4 is 17.2 Å². The van der Waals surface area contributed by atoms with Crippen molar-refractivity contribution in [1.29, 1.82) is 0 Å². The van der Waals surface area contributed by atoms with Crippen molar-refractivity contribution in [3.05, 3.63) is 64.6 Å². The summed E-state index contributed by atoms with van der Waals surface area (Å²) in [5, 5.41) is 11.4. The zero-order chi connectivity index (χ0) is 18.6. The van der Waals surface area contributed by atoms with E-state index in [9.17, 15) is 9.90 Å². The van der Waals surface area contributed by atoms with Crippen LogP contribution in [-0.2, 0) is 17.8 Å². The monoisotopic (exact) mass is 382 g/mol. The van der Waals surface area contributed by atoms with Gasteiger partial charge >= 0.3 is 0 Å². The number of thiazole rings is 1. The van der Waals surface area contributed by atoms with Gasteiger partial charge in [0.25, 0.3) is 0 Å². The predicted octanol–water partition coefficient (Wildman–Crippen LogP) is 3.04. The quantitative estimate of drug-likeness (QED) is 0.736. The van der Waals surface area contributed by atoms with Gasteiger partial charge in [0.05, 0.1) is 24.2 Å². The third-order valence-electron chi connectivity index (χ3n) is 4.99. The Morgan fingerprint density at radius 2 is 2.11 bits per heavy atom.